The fraction of sp³-hybridized carbons (Fsp3) is 0.300. The van der Waals surface area contributed by atoms with E-state index in [2.05, 4.69) is 20.6 Å². The quantitative estimate of drug-likeness (QED) is 0.330. The molecule has 0 aliphatic carbocycles. The van der Waals surface area contributed by atoms with Crippen molar-refractivity contribution in [3.05, 3.63) is 57.6 Å². The zero-order valence-electron chi connectivity index (χ0n) is 15.4. The summed E-state index contributed by atoms with van der Waals surface area (Å²) in [4.78, 5) is 8.55. The van der Waals surface area contributed by atoms with Gasteiger partial charge in [0.05, 0.1) is 13.1 Å². The second-order valence-corrected chi connectivity index (χ2v) is 6.85. The smallest absolute Gasteiger partial charge is 0.125 e. The number of phenols is 2. The third-order valence-corrected chi connectivity index (χ3v) is 4.23. The number of hydrogen-bond acceptors (Lipinski definition) is 6. The second kappa shape index (κ2) is 12.4. The van der Waals surface area contributed by atoms with E-state index in [0.29, 0.717) is 34.3 Å². The van der Waals surface area contributed by atoms with Crippen molar-refractivity contribution in [2.24, 2.45) is 9.98 Å². The lowest BCUT2D eigenvalue weighted by Crippen LogP contribution is -2.30. The van der Waals surface area contributed by atoms with Gasteiger partial charge in [-0.3, -0.25) is 9.98 Å². The number of halogens is 2. The van der Waals surface area contributed by atoms with Crippen molar-refractivity contribution in [1.82, 2.24) is 10.6 Å². The summed E-state index contributed by atoms with van der Waals surface area (Å²) in [6, 6.07) is 9.89. The molecule has 0 bridgehead atoms. The Morgan fingerprint density at radius 3 is 1.54 bits per heavy atom. The number of aromatic hydroxyl groups is 2. The van der Waals surface area contributed by atoms with Crippen LogP contribution in [0.15, 0.2) is 46.4 Å². The zero-order valence-corrected chi connectivity index (χ0v) is 16.9. The molecule has 28 heavy (non-hydrogen) atoms. The number of phenolic OH excluding ortho intramolecular Hbond substituents is 2. The Labute approximate surface area is 174 Å². The molecule has 0 saturated heterocycles. The Kier molecular flexibility index (Phi) is 9.79. The Bertz CT molecular complexity index is 745. The average Bonchev–Trinajstić information content (AvgIpc) is 2.65. The monoisotopic (exact) mass is 422 g/mol. The highest BCUT2D eigenvalue weighted by atomic mass is 35.5. The van der Waals surface area contributed by atoms with E-state index in [-0.39, 0.29) is 11.5 Å². The van der Waals surface area contributed by atoms with Crippen LogP contribution in [0.5, 0.6) is 11.5 Å². The van der Waals surface area contributed by atoms with E-state index in [9.17, 15) is 10.2 Å². The van der Waals surface area contributed by atoms with Crippen molar-refractivity contribution in [2.75, 3.05) is 39.3 Å². The van der Waals surface area contributed by atoms with E-state index >= 15 is 0 Å². The van der Waals surface area contributed by atoms with Gasteiger partial charge in [-0.15, -0.1) is 0 Å². The van der Waals surface area contributed by atoms with E-state index in [1.54, 1.807) is 36.7 Å². The first kappa shape index (κ1) is 22.2. The Hall–Kier alpha value is -2.12. The van der Waals surface area contributed by atoms with Gasteiger partial charge in [0, 0.05) is 59.8 Å². The van der Waals surface area contributed by atoms with Crippen LogP contribution in [0, 0.1) is 0 Å². The van der Waals surface area contributed by atoms with Crippen LogP contribution in [0.25, 0.3) is 0 Å². The van der Waals surface area contributed by atoms with Gasteiger partial charge < -0.3 is 20.8 Å². The number of benzene rings is 2. The molecule has 0 spiro atoms. The average molecular weight is 423 g/mol. The van der Waals surface area contributed by atoms with Gasteiger partial charge in [-0.05, 0) is 36.4 Å². The normalized spacial score (nSPS) is 11.6. The maximum Gasteiger partial charge on any atom is 0.125 e. The Balaban J connectivity index is 1.49. The molecule has 0 saturated carbocycles. The maximum atomic E-state index is 9.71. The molecule has 2 aromatic rings. The molecule has 8 heteroatoms. The SMILES string of the molecule is Oc1cc(Cl)ccc1C=NCCNCCNCCN=Cc1ccc(Cl)cc1O. The molecule has 2 rings (SSSR count). The highest BCUT2D eigenvalue weighted by Gasteiger charge is 1.99. The summed E-state index contributed by atoms with van der Waals surface area (Å²) >= 11 is 11.6. The van der Waals surface area contributed by atoms with E-state index in [1.165, 1.54) is 12.1 Å². The molecule has 0 fully saturated rings. The standard InChI is InChI=1S/C20H24Cl2N4O2/c21-17-3-1-15(19(27)11-17)13-25-9-7-23-5-6-24-8-10-26-14-16-2-4-18(22)12-20(16)28/h1-4,11-14,23-24,27-28H,5-10H2. The van der Waals surface area contributed by atoms with Crippen LogP contribution in [-0.4, -0.2) is 61.9 Å². The van der Waals surface area contributed by atoms with E-state index in [0.717, 1.165) is 26.2 Å². The summed E-state index contributed by atoms with van der Waals surface area (Å²) < 4.78 is 0. The van der Waals surface area contributed by atoms with Gasteiger partial charge >= 0.3 is 0 Å². The van der Waals surface area contributed by atoms with E-state index in [4.69, 9.17) is 23.2 Å². The lowest BCUT2D eigenvalue weighted by atomic mass is 10.2. The molecule has 150 valence electrons. The molecule has 0 aromatic heterocycles. The third kappa shape index (κ3) is 8.27. The number of aliphatic imine (C=N–C) groups is 2. The number of nitrogens with one attached hydrogen (secondary N) is 2. The first-order chi connectivity index (χ1) is 13.6. The van der Waals surface area contributed by atoms with Crippen molar-refractivity contribution < 1.29 is 10.2 Å². The fourth-order valence-corrected chi connectivity index (χ4v) is 2.62. The summed E-state index contributed by atoms with van der Waals surface area (Å²) in [5, 5.41) is 27.0. The van der Waals surface area contributed by atoms with E-state index < -0.39 is 0 Å². The highest BCUT2D eigenvalue weighted by Crippen LogP contribution is 2.20. The minimum Gasteiger partial charge on any atom is -0.507 e. The van der Waals surface area contributed by atoms with Gasteiger partial charge in [0.15, 0.2) is 0 Å². The van der Waals surface area contributed by atoms with Crippen molar-refractivity contribution >= 4 is 35.6 Å². The molecule has 0 heterocycles. The summed E-state index contributed by atoms with van der Waals surface area (Å²) in [7, 11) is 0. The van der Waals surface area contributed by atoms with E-state index in [1.807, 2.05) is 0 Å². The summed E-state index contributed by atoms with van der Waals surface area (Å²) in [5.41, 5.74) is 1.30. The molecule has 0 unspecified atom stereocenters. The van der Waals surface area contributed by atoms with Gasteiger partial charge in [0.1, 0.15) is 11.5 Å². The molecule has 6 nitrogen and oxygen atoms in total. The van der Waals surface area contributed by atoms with Crippen LogP contribution < -0.4 is 10.6 Å². The van der Waals surface area contributed by atoms with Crippen LogP contribution in [0.1, 0.15) is 11.1 Å². The predicted molar refractivity (Wildman–Crippen MR) is 117 cm³/mol. The Morgan fingerprint density at radius 2 is 1.14 bits per heavy atom. The molecule has 0 atom stereocenters. The topological polar surface area (TPSA) is 89.2 Å². The highest BCUT2D eigenvalue weighted by molar-refractivity contribution is 6.31. The molecule has 0 amide bonds. The molecule has 2 aromatic carbocycles. The van der Waals surface area contributed by atoms with Gasteiger partial charge in [-0.25, -0.2) is 0 Å². The molecule has 0 aliphatic rings. The minimum atomic E-state index is 0.127. The lowest BCUT2D eigenvalue weighted by molar-refractivity contribution is 0.474. The number of hydrogen-bond donors (Lipinski definition) is 4. The molecular weight excluding hydrogens is 399 g/mol. The zero-order chi connectivity index (χ0) is 20.2. The third-order valence-electron chi connectivity index (χ3n) is 3.76. The van der Waals surface area contributed by atoms with Crippen molar-refractivity contribution in [2.45, 2.75) is 0 Å². The number of nitrogens with zero attached hydrogens (tertiary/aromatic N) is 2. The molecular formula is C20H24Cl2N4O2. The van der Waals surface area contributed by atoms with Crippen LogP contribution in [0.2, 0.25) is 10.0 Å². The van der Waals surface area contributed by atoms with Gasteiger partial charge in [0.2, 0.25) is 0 Å². The minimum absolute atomic E-state index is 0.127. The van der Waals surface area contributed by atoms with Crippen molar-refractivity contribution in [3.8, 4) is 11.5 Å². The van der Waals surface area contributed by atoms with Gasteiger partial charge in [-0.2, -0.15) is 0 Å². The summed E-state index contributed by atoms with van der Waals surface area (Å²) in [5.74, 6) is 0.254. The van der Waals surface area contributed by atoms with Gasteiger partial charge in [0.25, 0.3) is 0 Å². The molecule has 0 radical (unpaired) electrons. The van der Waals surface area contributed by atoms with Crippen LogP contribution in [0.3, 0.4) is 0 Å². The predicted octanol–water partition coefficient (Wildman–Crippen LogP) is 3.12. The second-order valence-electron chi connectivity index (χ2n) is 5.98. The molecule has 0 aliphatic heterocycles. The van der Waals surface area contributed by atoms with Crippen molar-refractivity contribution in [1.29, 1.82) is 0 Å². The summed E-state index contributed by atoms with van der Waals surface area (Å²) in [6.07, 6.45) is 3.28. The van der Waals surface area contributed by atoms with Crippen LogP contribution >= 0.6 is 23.2 Å². The molecule has 4 N–H and O–H groups in total. The Morgan fingerprint density at radius 1 is 0.714 bits per heavy atom. The maximum absolute atomic E-state index is 9.71. The van der Waals surface area contributed by atoms with Gasteiger partial charge in [-0.1, -0.05) is 23.2 Å². The number of rotatable bonds is 11. The van der Waals surface area contributed by atoms with Crippen molar-refractivity contribution in [3.63, 3.8) is 0 Å². The lowest BCUT2D eigenvalue weighted by Gasteiger charge is -2.04. The van der Waals surface area contributed by atoms with Crippen LogP contribution in [-0.2, 0) is 0 Å². The fourth-order valence-electron chi connectivity index (χ4n) is 2.29. The first-order valence-corrected chi connectivity index (χ1v) is 9.70. The summed E-state index contributed by atoms with van der Waals surface area (Å²) in [6.45, 7) is 4.39. The largest absolute Gasteiger partial charge is 0.507 e. The first-order valence-electron chi connectivity index (χ1n) is 8.94. The van der Waals surface area contributed by atoms with Crippen LogP contribution in [0.4, 0.5) is 0 Å².